The summed E-state index contributed by atoms with van der Waals surface area (Å²) in [5.74, 6) is 2.48. The highest BCUT2D eigenvalue weighted by atomic mass is 15.2. The fourth-order valence-corrected chi connectivity index (χ4v) is 2.53. The zero-order chi connectivity index (χ0) is 10.7. The standard InChI is InChI=1S/C13H27N/c1-10(2)11(3)12(4)13(5)14-8-6-7-9-14/h10-13H,6-9H2,1-5H3. The van der Waals surface area contributed by atoms with Gasteiger partial charge in [0.2, 0.25) is 0 Å². The molecule has 1 fully saturated rings. The van der Waals surface area contributed by atoms with Gasteiger partial charge in [0.25, 0.3) is 0 Å². The summed E-state index contributed by atoms with van der Waals surface area (Å²) in [4.78, 5) is 2.67. The highest BCUT2D eigenvalue weighted by molar-refractivity contribution is 4.80. The molecule has 1 rings (SSSR count). The van der Waals surface area contributed by atoms with Crippen molar-refractivity contribution in [2.75, 3.05) is 13.1 Å². The van der Waals surface area contributed by atoms with Crippen molar-refractivity contribution in [3.05, 3.63) is 0 Å². The topological polar surface area (TPSA) is 3.24 Å². The van der Waals surface area contributed by atoms with Crippen LogP contribution in [0.15, 0.2) is 0 Å². The number of nitrogens with zero attached hydrogens (tertiary/aromatic N) is 1. The monoisotopic (exact) mass is 197 g/mol. The number of hydrogen-bond acceptors (Lipinski definition) is 1. The van der Waals surface area contributed by atoms with Gasteiger partial charge in [0.15, 0.2) is 0 Å². The van der Waals surface area contributed by atoms with E-state index in [9.17, 15) is 0 Å². The summed E-state index contributed by atoms with van der Waals surface area (Å²) in [6.45, 7) is 14.6. The molecule has 0 radical (unpaired) electrons. The molecule has 1 aliphatic rings. The van der Waals surface area contributed by atoms with E-state index in [1.807, 2.05) is 0 Å². The first-order chi connectivity index (χ1) is 6.54. The van der Waals surface area contributed by atoms with Gasteiger partial charge >= 0.3 is 0 Å². The van der Waals surface area contributed by atoms with E-state index in [1.165, 1.54) is 25.9 Å². The van der Waals surface area contributed by atoms with Crippen LogP contribution in [0, 0.1) is 17.8 Å². The number of rotatable bonds is 4. The van der Waals surface area contributed by atoms with Gasteiger partial charge in [-0.2, -0.15) is 0 Å². The zero-order valence-corrected chi connectivity index (χ0v) is 10.6. The second-order valence-corrected chi connectivity index (χ2v) is 5.45. The van der Waals surface area contributed by atoms with Crippen LogP contribution in [0.3, 0.4) is 0 Å². The summed E-state index contributed by atoms with van der Waals surface area (Å²) in [6, 6.07) is 0.773. The van der Waals surface area contributed by atoms with Crippen LogP contribution in [0.5, 0.6) is 0 Å². The first-order valence-electron chi connectivity index (χ1n) is 6.28. The van der Waals surface area contributed by atoms with Crippen LogP contribution in [0.2, 0.25) is 0 Å². The third-order valence-electron chi connectivity index (χ3n) is 4.36. The van der Waals surface area contributed by atoms with Crippen LogP contribution in [-0.2, 0) is 0 Å². The van der Waals surface area contributed by atoms with Crippen LogP contribution in [0.4, 0.5) is 0 Å². The summed E-state index contributed by atoms with van der Waals surface area (Å²) in [6.07, 6.45) is 2.82. The lowest BCUT2D eigenvalue weighted by molar-refractivity contribution is 0.140. The highest BCUT2D eigenvalue weighted by Crippen LogP contribution is 2.27. The SMILES string of the molecule is CC(C)C(C)C(C)C(C)N1CCCC1. The van der Waals surface area contributed by atoms with Gasteiger partial charge in [-0.05, 0) is 50.6 Å². The molecule has 0 N–H and O–H groups in total. The van der Waals surface area contributed by atoms with Crippen LogP contribution >= 0.6 is 0 Å². The first-order valence-corrected chi connectivity index (χ1v) is 6.28. The van der Waals surface area contributed by atoms with Gasteiger partial charge < -0.3 is 4.90 Å². The molecule has 1 nitrogen and oxygen atoms in total. The van der Waals surface area contributed by atoms with Gasteiger partial charge in [0.05, 0.1) is 0 Å². The minimum atomic E-state index is 0.773. The normalized spacial score (nSPS) is 25.3. The molecular weight excluding hydrogens is 170 g/mol. The van der Waals surface area contributed by atoms with E-state index in [-0.39, 0.29) is 0 Å². The Morgan fingerprint density at radius 2 is 1.29 bits per heavy atom. The quantitative estimate of drug-likeness (QED) is 0.667. The lowest BCUT2D eigenvalue weighted by atomic mass is 9.82. The van der Waals surface area contributed by atoms with Crippen molar-refractivity contribution in [2.24, 2.45) is 17.8 Å². The molecule has 84 valence electrons. The van der Waals surface area contributed by atoms with Crippen molar-refractivity contribution in [2.45, 2.75) is 53.5 Å². The van der Waals surface area contributed by atoms with Gasteiger partial charge in [-0.25, -0.2) is 0 Å². The molecule has 1 aliphatic heterocycles. The van der Waals surface area contributed by atoms with Crippen LogP contribution in [0.25, 0.3) is 0 Å². The Balaban J connectivity index is 2.45. The highest BCUT2D eigenvalue weighted by Gasteiger charge is 2.27. The van der Waals surface area contributed by atoms with Gasteiger partial charge in [-0.1, -0.05) is 27.7 Å². The molecule has 14 heavy (non-hydrogen) atoms. The van der Waals surface area contributed by atoms with Crippen molar-refractivity contribution in [1.29, 1.82) is 0 Å². The molecule has 1 saturated heterocycles. The Morgan fingerprint density at radius 1 is 0.786 bits per heavy atom. The Morgan fingerprint density at radius 3 is 1.71 bits per heavy atom. The predicted octanol–water partition coefficient (Wildman–Crippen LogP) is 3.40. The second-order valence-electron chi connectivity index (χ2n) is 5.45. The fourth-order valence-electron chi connectivity index (χ4n) is 2.53. The van der Waals surface area contributed by atoms with Crippen LogP contribution in [0.1, 0.15) is 47.5 Å². The van der Waals surface area contributed by atoms with Crippen molar-refractivity contribution in [3.8, 4) is 0 Å². The third kappa shape index (κ3) is 2.73. The van der Waals surface area contributed by atoms with Gasteiger partial charge in [0.1, 0.15) is 0 Å². The minimum Gasteiger partial charge on any atom is -0.300 e. The predicted molar refractivity (Wildman–Crippen MR) is 63.4 cm³/mol. The average molecular weight is 197 g/mol. The molecule has 0 spiro atoms. The molecule has 1 heterocycles. The van der Waals surface area contributed by atoms with Crippen molar-refractivity contribution in [3.63, 3.8) is 0 Å². The van der Waals surface area contributed by atoms with Crippen molar-refractivity contribution in [1.82, 2.24) is 4.90 Å². The molecule has 0 amide bonds. The third-order valence-corrected chi connectivity index (χ3v) is 4.36. The molecule has 3 unspecified atom stereocenters. The minimum absolute atomic E-state index is 0.773. The molecule has 0 aliphatic carbocycles. The molecular formula is C13H27N. The Labute approximate surface area is 89.9 Å². The summed E-state index contributed by atoms with van der Waals surface area (Å²) < 4.78 is 0. The first kappa shape index (κ1) is 12.0. The maximum atomic E-state index is 2.67. The molecule has 0 saturated carbocycles. The van der Waals surface area contributed by atoms with Gasteiger partial charge in [-0.15, -0.1) is 0 Å². The van der Waals surface area contributed by atoms with Crippen molar-refractivity contribution < 1.29 is 0 Å². The van der Waals surface area contributed by atoms with E-state index in [4.69, 9.17) is 0 Å². The molecule has 0 aromatic heterocycles. The van der Waals surface area contributed by atoms with E-state index in [2.05, 4.69) is 39.5 Å². The molecule has 0 bridgehead atoms. The lowest BCUT2D eigenvalue weighted by Gasteiger charge is -2.34. The molecule has 0 aromatic carbocycles. The average Bonchev–Trinajstić information content (AvgIpc) is 2.67. The van der Waals surface area contributed by atoms with E-state index < -0.39 is 0 Å². The van der Waals surface area contributed by atoms with E-state index in [0.29, 0.717) is 0 Å². The lowest BCUT2D eigenvalue weighted by Crippen LogP contribution is -2.38. The summed E-state index contributed by atoms with van der Waals surface area (Å²) >= 11 is 0. The maximum absolute atomic E-state index is 2.67. The number of hydrogen-bond donors (Lipinski definition) is 0. The summed E-state index contributed by atoms with van der Waals surface area (Å²) in [5.41, 5.74) is 0. The van der Waals surface area contributed by atoms with E-state index in [1.54, 1.807) is 0 Å². The van der Waals surface area contributed by atoms with Gasteiger partial charge in [-0.3, -0.25) is 0 Å². The van der Waals surface area contributed by atoms with E-state index >= 15 is 0 Å². The smallest absolute Gasteiger partial charge is 0.00951 e. The van der Waals surface area contributed by atoms with Crippen LogP contribution in [-0.4, -0.2) is 24.0 Å². The second kappa shape index (κ2) is 5.16. The summed E-state index contributed by atoms with van der Waals surface area (Å²) in [5, 5.41) is 0. The Hall–Kier alpha value is -0.0400. The molecule has 0 aromatic rings. The molecule has 1 heteroatoms. The van der Waals surface area contributed by atoms with Crippen molar-refractivity contribution >= 4 is 0 Å². The van der Waals surface area contributed by atoms with E-state index in [0.717, 1.165) is 23.8 Å². The zero-order valence-electron chi connectivity index (χ0n) is 10.6. The Kier molecular flexibility index (Phi) is 4.43. The van der Waals surface area contributed by atoms with Gasteiger partial charge in [0, 0.05) is 6.04 Å². The van der Waals surface area contributed by atoms with Crippen LogP contribution < -0.4 is 0 Å². The largest absolute Gasteiger partial charge is 0.300 e. The summed E-state index contributed by atoms with van der Waals surface area (Å²) in [7, 11) is 0. The Bertz CT molecular complexity index is 153. The maximum Gasteiger partial charge on any atom is 0.00951 e. The number of likely N-dealkylation sites (tertiary alicyclic amines) is 1. The molecule has 3 atom stereocenters. The fraction of sp³-hybridized carbons (Fsp3) is 1.00.